The Morgan fingerprint density at radius 3 is 2.77 bits per heavy atom. The van der Waals surface area contributed by atoms with Crippen LogP contribution in [0.3, 0.4) is 0 Å². The van der Waals surface area contributed by atoms with Crippen LogP contribution in [-0.4, -0.2) is 27.6 Å². The van der Waals surface area contributed by atoms with Crippen molar-refractivity contribution in [2.45, 2.75) is 38.1 Å². The molecule has 0 unspecified atom stereocenters. The number of ether oxygens (including phenoxy) is 1. The van der Waals surface area contributed by atoms with Crippen molar-refractivity contribution in [3.8, 4) is 22.8 Å². The maximum absolute atomic E-state index is 9.92. The summed E-state index contributed by atoms with van der Waals surface area (Å²) in [6.45, 7) is 0. The standard InChI is InChI=1S/C20H22BrN3O2/c1-26-17-11-13(7-9-16(17)25)19-20(22-15-5-3-2-4-6-15)24-12-14(21)8-10-18(24)23-19/h7-12,15,22,25H,2-6H2,1H3. The zero-order chi connectivity index (χ0) is 18.1. The fraction of sp³-hybridized carbons (Fsp3) is 0.350. The van der Waals surface area contributed by atoms with E-state index in [1.54, 1.807) is 13.2 Å². The summed E-state index contributed by atoms with van der Waals surface area (Å²) in [5.41, 5.74) is 2.67. The topological polar surface area (TPSA) is 58.8 Å². The quantitative estimate of drug-likeness (QED) is 0.612. The van der Waals surface area contributed by atoms with Gasteiger partial charge in [0.25, 0.3) is 0 Å². The molecule has 136 valence electrons. The van der Waals surface area contributed by atoms with Gasteiger partial charge in [-0.1, -0.05) is 19.3 Å². The van der Waals surface area contributed by atoms with Gasteiger partial charge in [-0.3, -0.25) is 4.40 Å². The molecule has 0 radical (unpaired) electrons. The van der Waals surface area contributed by atoms with Crippen molar-refractivity contribution in [1.29, 1.82) is 0 Å². The van der Waals surface area contributed by atoms with Crippen LogP contribution in [-0.2, 0) is 0 Å². The summed E-state index contributed by atoms with van der Waals surface area (Å²) in [6, 6.07) is 9.81. The molecule has 5 nitrogen and oxygen atoms in total. The number of halogens is 1. The van der Waals surface area contributed by atoms with Crippen molar-refractivity contribution in [1.82, 2.24) is 9.38 Å². The summed E-state index contributed by atoms with van der Waals surface area (Å²) in [6.07, 6.45) is 8.24. The van der Waals surface area contributed by atoms with Gasteiger partial charge in [-0.25, -0.2) is 4.98 Å². The molecule has 26 heavy (non-hydrogen) atoms. The molecular formula is C20H22BrN3O2. The van der Waals surface area contributed by atoms with E-state index in [-0.39, 0.29) is 5.75 Å². The highest BCUT2D eigenvalue weighted by molar-refractivity contribution is 9.10. The van der Waals surface area contributed by atoms with Gasteiger partial charge in [-0.2, -0.15) is 0 Å². The lowest BCUT2D eigenvalue weighted by Gasteiger charge is -2.24. The predicted octanol–water partition coefficient (Wildman–Crippen LogP) is 5.22. The number of hydrogen-bond donors (Lipinski definition) is 2. The van der Waals surface area contributed by atoms with Crippen molar-refractivity contribution in [2.24, 2.45) is 0 Å². The van der Waals surface area contributed by atoms with Crippen LogP contribution in [0.2, 0.25) is 0 Å². The number of phenolic OH excluding ortho intramolecular Hbond substituents is 1. The molecule has 1 aliphatic rings. The first-order chi connectivity index (χ1) is 12.7. The Morgan fingerprint density at radius 1 is 1.19 bits per heavy atom. The van der Waals surface area contributed by atoms with Crippen molar-refractivity contribution < 1.29 is 9.84 Å². The summed E-state index contributed by atoms with van der Waals surface area (Å²) >= 11 is 3.56. The van der Waals surface area contributed by atoms with Crippen molar-refractivity contribution in [3.05, 3.63) is 41.0 Å². The van der Waals surface area contributed by atoms with Crippen LogP contribution in [0.25, 0.3) is 16.9 Å². The molecule has 6 heteroatoms. The zero-order valence-electron chi connectivity index (χ0n) is 14.7. The number of imidazole rings is 1. The molecule has 0 amide bonds. The number of benzene rings is 1. The molecule has 3 aromatic rings. The van der Waals surface area contributed by atoms with Crippen molar-refractivity contribution >= 4 is 27.4 Å². The number of nitrogens with zero attached hydrogens (tertiary/aromatic N) is 2. The molecule has 0 aliphatic heterocycles. The Hall–Kier alpha value is -2.21. The molecule has 1 aliphatic carbocycles. The van der Waals surface area contributed by atoms with E-state index in [1.807, 2.05) is 30.5 Å². The smallest absolute Gasteiger partial charge is 0.161 e. The number of fused-ring (bicyclic) bond motifs is 1. The third-order valence-corrected chi connectivity index (χ3v) is 5.45. The number of aromatic hydroxyl groups is 1. The number of nitrogens with one attached hydrogen (secondary N) is 1. The first-order valence-corrected chi connectivity index (χ1v) is 9.76. The Bertz CT molecular complexity index is 932. The summed E-state index contributed by atoms with van der Waals surface area (Å²) in [5.74, 6) is 1.56. The summed E-state index contributed by atoms with van der Waals surface area (Å²) in [5, 5.41) is 13.6. The van der Waals surface area contributed by atoms with E-state index >= 15 is 0 Å². The number of hydrogen-bond acceptors (Lipinski definition) is 4. The number of phenols is 1. The molecule has 4 rings (SSSR count). The van der Waals surface area contributed by atoms with Gasteiger partial charge in [0.15, 0.2) is 11.5 Å². The maximum atomic E-state index is 9.92. The second-order valence-electron chi connectivity index (χ2n) is 6.75. The van der Waals surface area contributed by atoms with Gasteiger partial charge in [0.05, 0.1) is 7.11 Å². The normalized spacial score (nSPS) is 15.3. The fourth-order valence-electron chi connectivity index (χ4n) is 3.62. The lowest BCUT2D eigenvalue weighted by molar-refractivity contribution is 0.373. The Labute approximate surface area is 161 Å². The number of aromatic nitrogens is 2. The molecule has 1 fully saturated rings. The van der Waals surface area contributed by atoms with Gasteiger partial charge in [0.2, 0.25) is 0 Å². The van der Waals surface area contributed by atoms with E-state index in [0.29, 0.717) is 11.8 Å². The first kappa shape index (κ1) is 17.2. The molecule has 1 aromatic carbocycles. The Balaban J connectivity index is 1.83. The van der Waals surface area contributed by atoms with Crippen LogP contribution >= 0.6 is 15.9 Å². The van der Waals surface area contributed by atoms with Crippen LogP contribution in [0, 0.1) is 0 Å². The lowest BCUT2D eigenvalue weighted by Crippen LogP contribution is -2.23. The highest BCUT2D eigenvalue weighted by Gasteiger charge is 2.20. The molecule has 0 atom stereocenters. The first-order valence-electron chi connectivity index (χ1n) is 8.97. The van der Waals surface area contributed by atoms with Crippen LogP contribution < -0.4 is 10.1 Å². The lowest BCUT2D eigenvalue weighted by atomic mass is 9.95. The van der Waals surface area contributed by atoms with Crippen LogP contribution in [0.4, 0.5) is 5.82 Å². The van der Waals surface area contributed by atoms with E-state index in [9.17, 15) is 5.11 Å². The Kier molecular flexibility index (Phi) is 4.76. The van der Waals surface area contributed by atoms with Crippen LogP contribution in [0.15, 0.2) is 41.0 Å². The van der Waals surface area contributed by atoms with Crippen LogP contribution in [0.1, 0.15) is 32.1 Å². The minimum absolute atomic E-state index is 0.129. The van der Waals surface area contributed by atoms with Gasteiger partial charge < -0.3 is 15.2 Å². The molecule has 0 saturated heterocycles. The van der Waals surface area contributed by atoms with E-state index in [0.717, 1.165) is 27.2 Å². The van der Waals surface area contributed by atoms with Crippen molar-refractivity contribution in [2.75, 3.05) is 12.4 Å². The number of methoxy groups -OCH3 is 1. The average Bonchev–Trinajstić information content (AvgIpc) is 3.01. The summed E-state index contributed by atoms with van der Waals surface area (Å²) in [4.78, 5) is 4.84. The van der Waals surface area contributed by atoms with Gasteiger partial charge in [-0.15, -0.1) is 0 Å². The third-order valence-electron chi connectivity index (χ3n) is 4.98. The molecule has 2 N–H and O–H groups in total. The third kappa shape index (κ3) is 3.26. The maximum Gasteiger partial charge on any atom is 0.161 e. The van der Waals surface area contributed by atoms with Gasteiger partial charge in [0.1, 0.15) is 17.2 Å². The SMILES string of the molecule is COc1cc(-c2nc3ccc(Br)cn3c2NC2CCCCC2)ccc1O. The molecule has 0 bridgehead atoms. The van der Waals surface area contributed by atoms with Gasteiger partial charge >= 0.3 is 0 Å². The van der Waals surface area contributed by atoms with Gasteiger partial charge in [-0.05, 0) is 59.1 Å². The highest BCUT2D eigenvalue weighted by Crippen LogP contribution is 2.36. The number of anilines is 1. The monoisotopic (exact) mass is 415 g/mol. The fourth-order valence-corrected chi connectivity index (χ4v) is 3.96. The van der Waals surface area contributed by atoms with Crippen molar-refractivity contribution in [3.63, 3.8) is 0 Å². The number of rotatable bonds is 4. The summed E-state index contributed by atoms with van der Waals surface area (Å²) in [7, 11) is 1.56. The Morgan fingerprint density at radius 2 is 2.00 bits per heavy atom. The van der Waals surface area contributed by atoms with E-state index < -0.39 is 0 Å². The molecular weight excluding hydrogens is 394 g/mol. The highest BCUT2D eigenvalue weighted by atomic mass is 79.9. The minimum Gasteiger partial charge on any atom is -0.504 e. The predicted molar refractivity (Wildman–Crippen MR) is 107 cm³/mol. The minimum atomic E-state index is 0.129. The molecule has 2 aromatic heterocycles. The number of pyridine rings is 1. The zero-order valence-corrected chi connectivity index (χ0v) is 16.3. The van der Waals surface area contributed by atoms with Gasteiger partial charge in [0, 0.05) is 22.3 Å². The van der Waals surface area contributed by atoms with E-state index in [1.165, 1.54) is 32.1 Å². The molecule has 2 heterocycles. The van der Waals surface area contributed by atoms with E-state index in [4.69, 9.17) is 9.72 Å². The molecule has 1 saturated carbocycles. The van der Waals surface area contributed by atoms with Crippen LogP contribution in [0.5, 0.6) is 11.5 Å². The van der Waals surface area contributed by atoms with E-state index in [2.05, 4.69) is 25.6 Å². The summed E-state index contributed by atoms with van der Waals surface area (Å²) < 4.78 is 8.37. The second-order valence-corrected chi connectivity index (χ2v) is 7.67. The average molecular weight is 416 g/mol. The largest absolute Gasteiger partial charge is 0.504 e. The second kappa shape index (κ2) is 7.19. The molecule has 0 spiro atoms.